The van der Waals surface area contributed by atoms with Crippen LogP contribution in [-0.4, -0.2) is 17.1 Å². The van der Waals surface area contributed by atoms with Crippen LogP contribution in [0.3, 0.4) is 0 Å². The Bertz CT molecular complexity index is 1070. The number of carbonyl (C=O) groups is 1. The van der Waals surface area contributed by atoms with Crippen LogP contribution in [0.5, 0.6) is 0 Å². The van der Waals surface area contributed by atoms with Crippen LogP contribution < -0.4 is 5.32 Å². The molecule has 0 fully saturated rings. The summed E-state index contributed by atoms with van der Waals surface area (Å²) in [7, 11) is 0. The summed E-state index contributed by atoms with van der Waals surface area (Å²) in [6.45, 7) is 4.11. The third-order valence-electron chi connectivity index (χ3n) is 5.75. The number of anilines is 1. The molecular formula is C25H27N3OS. The number of aromatic nitrogens is 1. The van der Waals surface area contributed by atoms with Crippen molar-refractivity contribution in [2.75, 3.05) is 5.32 Å². The lowest BCUT2D eigenvalue weighted by Crippen LogP contribution is -2.15. The molecule has 0 saturated carbocycles. The molecule has 1 aliphatic carbocycles. The first kappa shape index (κ1) is 20.5. The quantitative estimate of drug-likeness (QED) is 0.498. The van der Waals surface area contributed by atoms with Crippen molar-refractivity contribution in [2.24, 2.45) is 4.99 Å². The molecule has 5 heteroatoms. The molecular weight excluding hydrogens is 390 g/mol. The standard InChI is InChI=1S/C25H27N3OS/c1-17-9-7-12-21(18(17)2)28-24(29)23-20-11-5-3-4-6-13-22(20)30-25(23)27-16-19-10-8-14-26-15-19/h7-10,12,14-16H,3-6,11,13H2,1-2H3,(H,28,29). The van der Waals surface area contributed by atoms with E-state index in [-0.39, 0.29) is 5.91 Å². The van der Waals surface area contributed by atoms with E-state index in [1.807, 2.05) is 31.2 Å². The third kappa shape index (κ3) is 4.51. The van der Waals surface area contributed by atoms with Crippen LogP contribution in [0.25, 0.3) is 0 Å². The number of pyridine rings is 1. The van der Waals surface area contributed by atoms with Crippen LogP contribution in [0.2, 0.25) is 0 Å². The average Bonchev–Trinajstić information content (AvgIpc) is 3.07. The Balaban J connectivity index is 1.72. The van der Waals surface area contributed by atoms with Crippen LogP contribution in [0.15, 0.2) is 47.7 Å². The van der Waals surface area contributed by atoms with Crippen molar-refractivity contribution in [1.29, 1.82) is 0 Å². The Labute approximate surface area is 182 Å². The second-order valence-electron chi connectivity index (χ2n) is 7.84. The van der Waals surface area contributed by atoms with Crippen LogP contribution in [-0.2, 0) is 12.8 Å². The summed E-state index contributed by atoms with van der Waals surface area (Å²) in [5.41, 5.74) is 6.01. The number of benzene rings is 1. The minimum atomic E-state index is -0.0555. The fourth-order valence-corrected chi connectivity index (χ4v) is 5.12. The number of carbonyl (C=O) groups excluding carboxylic acids is 1. The number of rotatable bonds is 4. The van der Waals surface area contributed by atoms with Gasteiger partial charge in [0.2, 0.25) is 0 Å². The molecule has 2 aromatic heterocycles. The second kappa shape index (κ2) is 9.35. The number of nitrogens with zero attached hydrogens (tertiary/aromatic N) is 2. The summed E-state index contributed by atoms with van der Waals surface area (Å²) in [5.74, 6) is -0.0555. The number of hydrogen-bond acceptors (Lipinski definition) is 4. The van der Waals surface area contributed by atoms with Gasteiger partial charge in [0.1, 0.15) is 5.00 Å². The Morgan fingerprint density at radius 3 is 2.73 bits per heavy atom. The van der Waals surface area contributed by atoms with Crippen molar-refractivity contribution < 1.29 is 4.79 Å². The van der Waals surface area contributed by atoms with E-state index in [0.717, 1.165) is 46.6 Å². The molecule has 1 aliphatic rings. The lowest BCUT2D eigenvalue weighted by atomic mass is 9.96. The van der Waals surface area contributed by atoms with Gasteiger partial charge < -0.3 is 5.32 Å². The first-order chi connectivity index (χ1) is 14.6. The van der Waals surface area contributed by atoms with Crippen LogP contribution in [0.1, 0.15) is 63.2 Å². The highest BCUT2D eigenvalue weighted by molar-refractivity contribution is 7.16. The van der Waals surface area contributed by atoms with E-state index in [2.05, 4.69) is 23.3 Å². The maximum absolute atomic E-state index is 13.5. The minimum Gasteiger partial charge on any atom is -0.322 e. The minimum absolute atomic E-state index is 0.0555. The van der Waals surface area contributed by atoms with E-state index < -0.39 is 0 Å². The number of aryl methyl sites for hydroxylation is 2. The predicted molar refractivity (Wildman–Crippen MR) is 126 cm³/mol. The topological polar surface area (TPSA) is 54.4 Å². The van der Waals surface area contributed by atoms with Crippen molar-refractivity contribution in [3.8, 4) is 0 Å². The van der Waals surface area contributed by atoms with Crippen molar-refractivity contribution in [2.45, 2.75) is 52.4 Å². The van der Waals surface area contributed by atoms with Gasteiger partial charge in [0.15, 0.2) is 0 Å². The molecule has 2 heterocycles. The van der Waals surface area contributed by atoms with Crippen molar-refractivity contribution in [3.63, 3.8) is 0 Å². The van der Waals surface area contributed by atoms with Gasteiger partial charge in [0.05, 0.1) is 5.56 Å². The molecule has 0 spiro atoms. The summed E-state index contributed by atoms with van der Waals surface area (Å²) in [6, 6.07) is 9.88. The zero-order chi connectivity index (χ0) is 20.9. The van der Waals surface area contributed by atoms with Gasteiger partial charge in [-0.25, -0.2) is 4.99 Å². The fourth-order valence-electron chi connectivity index (χ4n) is 3.89. The van der Waals surface area contributed by atoms with Gasteiger partial charge in [-0.05, 0) is 68.4 Å². The Hall–Kier alpha value is -2.79. The maximum Gasteiger partial charge on any atom is 0.259 e. The van der Waals surface area contributed by atoms with Gasteiger partial charge in [0.25, 0.3) is 5.91 Å². The summed E-state index contributed by atoms with van der Waals surface area (Å²) >= 11 is 1.67. The lowest BCUT2D eigenvalue weighted by molar-refractivity contribution is 0.102. The molecule has 154 valence electrons. The highest BCUT2D eigenvalue weighted by atomic mass is 32.1. The number of aliphatic imine (C=N–C) groups is 1. The molecule has 4 nitrogen and oxygen atoms in total. The van der Waals surface area contributed by atoms with Gasteiger partial charge in [-0.1, -0.05) is 31.0 Å². The molecule has 1 N–H and O–H groups in total. The van der Waals surface area contributed by atoms with Gasteiger partial charge in [0, 0.05) is 34.7 Å². The van der Waals surface area contributed by atoms with Gasteiger partial charge in [-0.3, -0.25) is 9.78 Å². The maximum atomic E-state index is 13.5. The largest absolute Gasteiger partial charge is 0.322 e. The molecule has 0 atom stereocenters. The number of amides is 1. The molecule has 0 unspecified atom stereocenters. The molecule has 0 radical (unpaired) electrons. The Morgan fingerprint density at radius 1 is 1.10 bits per heavy atom. The highest BCUT2D eigenvalue weighted by Gasteiger charge is 2.24. The summed E-state index contributed by atoms with van der Waals surface area (Å²) in [4.78, 5) is 23.7. The summed E-state index contributed by atoms with van der Waals surface area (Å²) < 4.78 is 0. The highest BCUT2D eigenvalue weighted by Crippen LogP contribution is 2.39. The number of thiophene rings is 1. The van der Waals surface area contributed by atoms with Crippen LogP contribution in [0.4, 0.5) is 10.7 Å². The molecule has 1 amide bonds. The van der Waals surface area contributed by atoms with Crippen LogP contribution >= 0.6 is 11.3 Å². The SMILES string of the molecule is Cc1cccc(NC(=O)c2c(N=Cc3cccnc3)sc3c2CCCCCC3)c1C. The normalized spacial score (nSPS) is 14.2. The zero-order valence-corrected chi connectivity index (χ0v) is 18.4. The molecule has 4 rings (SSSR count). The monoisotopic (exact) mass is 417 g/mol. The molecule has 1 aromatic carbocycles. The van der Waals surface area contributed by atoms with Gasteiger partial charge in [-0.15, -0.1) is 11.3 Å². The zero-order valence-electron chi connectivity index (χ0n) is 17.6. The predicted octanol–water partition coefficient (Wildman–Crippen LogP) is 6.42. The van der Waals surface area contributed by atoms with Crippen molar-refractivity contribution >= 4 is 34.1 Å². The Morgan fingerprint density at radius 2 is 1.93 bits per heavy atom. The van der Waals surface area contributed by atoms with E-state index in [1.54, 1.807) is 29.9 Å². The average molecular weight is 418 g/mol. The van der Waals surface area contributed by atoms with E-state index in [1.165, 1.54) is 35.3 Å². The number of nitrogens with one attached hydrogen (secondary N) is 1. The molecule has 3 aromatic rings. The van der Waals surface area contributed by atoms with E-state index in [4.69, 9.17) is 4.99 Å². The molecule has 0 aliphatic heterocycles. The van der Waals surface area contributed by atoms with Crippen molar-refractivity contribution in [3.05, 3.63) is 75.4 Å². The summed E-state index contributed by atoms with van der Waals surface area (Å²) in [5, 5.41) is 3.96. The third-order valence-corrected chi connectivity index (χ3v) is 6.95. The van der Waals surface area contributed by atoms with Gasteiger partial charge in [-0.2, -0.15) is 0 Å². The molecule has 30 heavy (non-hydrogen) atoms. The molecule has 0 saturated heterocycles. The number of hydrogen-bond donors (Lipinski definition) is 1. The second-order valence-corrected chi connectivity index (χ2v) is 8.93. The lowest BCUT2D eigenvalue weighted by Gasteiger charge is -2.13. The van der Waals surface area contributed by atoms with Crippen LogP contribution in [0, 0.1) is 13.8 Å². The smallest absolute Gasteiger partial charge is 0.259 e. The van der Waals surface area contributed by atoms with E-state index in [0.29, 0.717) is 0 Å². The van der Waals surface area contributed by atoms with Crippen molar-refractivity contribution in [1.82, 2.24) is 4.98 Å². The van der Waals surface area contributed by atoms with E-state index in [9.17, 15) is 4.79 Å². The first-order valence-corrected chi connectivity index (χ1v) is 11.4. The number of fused-ring (bicyclic) bond motifs is 1. The van der Waals surface area contributed by atoms with E-state index >= 15 is 0 Å². The first-order valence-electron chi connectivity index (χ1n) is 10.6. The molecule has 0 bridgehead atoms. The van der Waals surface area contributed by atoms with Gasteiger partial charge >= 0.3 is 0 Å². The Kier molecular flexibility index (Phi) is 6.38. The fraction of sp³-hybridized carbons (Fsp3) is 0.320. The summed E-state index contributed by atoms with van der Waals surface area (Å²) in [6.07, 6.45) is 12.1.